The fourth-order valence-electron chi connectivity index (χ4n) is 3.59. The van der Waals surface area contributed by atoms with Gasteiger partial charge in [0.25, 0.3) is 11.5 Å². The van der Waals surface area contributed by atoms with E-state index in [1.54, 1.807) is 30.3 Å². The Morgan fingerprint density at radius 2 is 1.91 bits per heavy atom. The van der Waals surface area contributed by atoms with E-state index in [9.17, 15) is 14.0 Å². The van der Waals surface area contributed by atoms with E-state index in [1.165, 1.54) is 16.6 Å². The molecule has 3 aromatic carbocycles. The average molecular weight is 427 g/mol. The fraction of sp³-hybridized carbons (Fsp3) is 0.0833. The Labute approximate surface area is 181 Å². The van der Waals surface area contributed by atoms with Gasteiger partial charge in [-0.25, -0.2) is 14.1 Å². The number of benzene rings is 3. The zero-order valence-corrected chi connectivity index (χ0v) is 17.1. The SMILES string of the molecule is Cc1ccc(CNC(=O)c2ccc3c(=O)nc4c(-c5cccc(F)c5)n[nH]n4c3c2)cc1. The Balaban J connectivity index is 1.53. The molecule has 2 aromatic heterocycles. The zero-order chi connectivity index (χ0) is 22.2. The van der Waals surface area contributed by atoms with Crippen molar-refractivity contribution < 1.29 is 9.18 Å². The first-order valence-electron chi connectivity index (χ1n) is 10.0. The minimum absolute atomic E-state index is 0.255. The van der Waals surface area contributed by atoms with Crippen LogP contribution in [0.5, 0.6) is 0 Å². The number of halogens is 1. The molecule has 0 saturated carbocycles. The van der Waals surface area contributed by atoms with Crippen LogP contribution in [0.3, 0.4) is 0 Å². The monoisotopic (exact) mass is 427 g/mol. The van der Waals surface area contributed by atoms with Crippen molar-refractivity contribution in [3.63, 3.8) is 0 Å². The van der Waals surface area contributed by atoms with Gasteiger partial charge in [0, 0.05) is 17.7 Å². The molecule has 0 saturated heterocycles. The van der Waals surface area contributed by atoms with Crippen LogP contribution in [0, 0.1) is 12.7 Å². The molecule has 2 N–H and O–H groups in total. The molecule has 0 bridgehead atoms. The van der Waals surface area contributed by atoms with Gasteiger partial charge in [-0.3, -0.25) is 9.59 Å². The lowest BCUT2D eigenvalue weighted by Crippen LogP contribution is -2.23. The Morgan fingerprint density at radius 3 is 2.69 bits per heavy atom. The molecule has 0 fully saturated rings. The lowest BCUT2D eigenvalue weighted by Gasteiger charge is -2.07. The molecule has 5 aromatic rings. The van der Waals surface area contributed by atoms with Crippen LogP contribution in [0.2, 0.25) is 0 Å². The molecular weight excluding hydrogens is 409 g/mol. The normalized spacial score (nSPS) is 11.2. The van der Waals surface area contributed by atoms with Crippen molar-refractivity contribution in [3.05, 3.63) is 99.6 Å². The maximum Gasteiger partial charge on any atom is 0.281 e. The summed E-state index contributed by atoms with van der Waals surface area (Å²) in [6.07, 6.45) is 0. The number of carbonyl (C=O) groups excluding carboxylic acids is 1. The number of hydrogen-bond acceptors (Lipinski definition) is 4. The predicted octanol–water partition coefficient (Wildman–Crippen LogP) is 3.62. The van der Waals surface area contributed by atoms with Crippen LogP contribution in [0.25, 0.3) is 27.8 Å². The van der Waals surface area contributed by atoms with Gasteiger partial charge in [-0.15, -0.1) is 0 Å². The van der Waals surface area contributed by atoms with Gasteiger partial charge in [-0.05, 0) is 42.8 Å². The number of amides is 1. The highest BCUT2D eigenvalue weighted by molar-refractivity contribution is 5.98. The summed E-state index contributed by atoms with van der Waals surface area (Å²) in [6, 6.07) is 18.6. The minimum atomic E-state index is -0.453. The average Bonchev–Trinajstić information content (AvgIpc) is 3.22. The molecule has 0 aliphatic carbocycles. The predicted molar refractivity (Wildman–Crippen MR) is 119 cm³/mol. The van der Waals surface area contributed by atoms with Gasteiger partial charge >= 0.3 is 0 Å². The largest absolute Gasteiger partial charge is 0.348 e. The second-order valence-corrected chi connectivity index (χ2v) is 7.55. The molecule has 7 nitrogen and oxygen atoms in total. The van der Waals surface area contributed by atoms with E-state index in [0.717, 1.165) is 11.1 Å². The van der Waals surface area contributed by atoms with E-state index >= 15 is 0 Å². The van der Waals surface area contributed by atoms with E-state index in [4.69, 9.17) is 0 Å². The maximum atomic E-state index is 13.7. The maximum absolute atomic E-state index is 13.7. The molecule has 158 valence electrons. The van der Waals surface area contributed by atoms with Crippen LogP contribution in [-0.4, -0.2) is 25.7 Å². The summed E-state index contributed by atoms with van der Waals surface area (Å²) in [5.41, 5.74) is 3.62. The summed E-state index contributed by atoms with van der Waals surface area (Å²) in [4.78, 5) is 29.5. The Hall–Kier alpha value is -4.33. The Kier molecular flexibility index (Phi) is 4.74. The number of fused-ring (bicyclic) bond motifs is 3. The van der Waals surface area contributed by atoms with Gasteiger partial charge in [0.1, 0.15) is 11.5 Å². The van der Waals surface area contributed by atoms with Gasteiger partial charge in [0.15, 0.2) is 5.65 Å². The van der Waals surface area contributed by atoms with Crippen molar-refractivity contribution in [3.8, 4) is 11.3 Å². The molecule has 32 heavy (non-hydrogen) atoms. The standard InChI is InChI=1S/C24H18FN5O2/c1-14-5-7-15(8-6-14)13-26-23(31)17-9-10-19-20(12-17)30-22(27-24(19)32)21(28-29-30)16-3-2-4-18(25)11-16/h2-12,29H,13H2,1H3,(H,26,31). The second kappa shape index (κ2) is 7.73. The number of aromatic amines is 1. The molecule has 8 heteroatoms. The van der Waals surface area contributed by atoms with Crippen LogP contribution >= 0.6 is 0 Å². The van der Waals surface area contributed by atoms with Gasteiger partial charge in [-0.2, -0.15) is 10.1 Å². The second-order valence-electron chi connectivity index (χ2n) is 7.55. The Morgan fingerprint density at radius 1 is 1.09 bits per heavy atom. The van der Waals surface area contributed by atoms with Crippen molar-refractivity contribution >= 4 is 22.5 Å². The van der Waals surface area contributed by atoms with E-state index < -0.39 is 11.4 Å². The van der Waals surface area contributed by atoms with Crippen molar-refractivity contribution in [2.24, 2.45) is 0 Å². The molecule has 0 unspecified atom stereocenters. The first kappa shape index (κ1) is 19.6. The zero-order valence-electron chi connectivity index (χ0n) is 17.1. The van der Waals surface area contributed by atoms with E-state index in [2.05, 4.69) is 20.6 Å². The van der Waals surface area contributed by atoms with E-state index in [0.29, 0.717) is 34.3 Å². The number of hydrogen-bond donors (Lipinski definition) is 2. The van der Waals surface area contributed by atoms with E-state index in [-0.39, 0.29) is 11.6 Å². The van der Waals surface area contributed by atoms with Crippen LogP contribution < -0.4 is 10.9 Å². The lowest BCUT2D eigenvalue weighted by molar-refractivity contribution is 0.0951. The fourth-order valence-corrected chi connectivity index (χ4v) is 3.59. The van der Waals surface area contributed by atoms with Crippen molar-refractivity contribution in [1.82, 2.24) is 25.1 Å². The molecule has 0 radical (unpaired) electrons. The van der Waals surface area contributed by atoms with Crippen molar-refractivity contribution in [2.75, 3.05) is 0 Å². The topological polar surface area (TPSA) is 92.2 Å². The van der Waals surface area contributed by atoms with Crippen LogP contribution in [0.1, 0.15) is 21.5 Å². The number of rotatable bonds is 4. The van der Waals surface area contributed by atoms with Crippen LogP contribution in [0.4, 0.5) is 4.39 Å². The highest BCUT2D eigenvalue weighted by Gasteiger charge is 2.16. The molecule has 0 aliphatic heterocycles. The number of H-pyrrole nitrogens is 1. The number of aryl methyl sites for hydroxylation is 1. The molecule has 0 atom stereocenters. The summed E-state index contributed by atoms with van der Waals surface area (Å²) in [7, 11) is 0. The molecule has 2 heterocycles. The van der Waals surface area contributed by atoms with Gasteiger partial charge < -0.3 is 5.32 Å². The molecular formula is C24H18FN5O2. The highest BCUT2D eigenvalue weighted by Crippen LogP contribution is 2.23. The lowest BCUT2D eigenvalue weighted by atomic mass is 10.1. The third-order valence-electron chi connectivity index (χ3n) is 5.30. The molecule has 0 spiro atoms. The van der Waals surface area contributed by atoms with Crippen LogP contribution in [-0.2, 0) is 6.54 Å². The van der Waals surface area contributed by atoms with Crippen molar-refractivity contribution in [2.45, 2.75) is 13.5 Å². The summed E-state index contributed by atoms with van der Waals surface area (Å²) in [6.45, 7) is 2.39. The summed E-state index contributed by atoms with van der Waals surface area (Å²) in [5, 5.41) is 10.3. The third kappa shape index (κ3) is 3.51. The number of nitrogens with zero attached hydrogens (tertiary/aromatic N) is 3. The first-order valence-corrected chi connectivity index (χ1v) is 10.0. The summed E-state index contributed by atoms with van der Waals surface area (Å²) < 4.78 is 15.2. The third-order valence-corrected chi connectivity index (χ3v) is 5.30. The minimum Gasteiger partial charge on any atom is -0.348 e. The number of aromatic nitrogens is 4. The smallest absolute Gasteiger partial charge is 0.281 e. The quantitative estimate of drug-likeness (QED) is 0.458. The van der Waals surface area contributed by atoms with Crippen molar-refractivity contribution in [1.29, 1.82) is 0 Å². The molecule has 5 rings (SSSR count). The Bertz CT molecular complexity index is 1540. The van der Waals surface area contributed by atoms with Gasteiger partial charge in [0.2, 0.25) is 0 Å². The molecule has 1 amide bonds. The first-order chi connectivity index (χ1) is 15.5. The number of nitrogens with one attached hydrogen (secondary N) is 2. The number of carbonyl (C=O) groups is 1. The summed E-state index contributed by atoms with van der Waals surface area (Å²) in [5.74, 6) is -0.685. The molecule has 0 aliphatic rings. The highest BCUT2D eigenvalue weighted by atomic mass is 19.1. The van der Waals surface area contributed by atoms with E-state index in [1.807, 2.05) is 31.2 Å². The van der Waals surface area contributed by atoms with Gasteiger partial charge in [0.05, 0.1) is 10.9 Å². The van der Waals surface area contributed by atoms with Gasteiger partial charge in [-0.1, -0.05) is 42.0 Å². The summed E-state index contributed by atoms with van der Waals surface area (Å²) >= 11 is 0. The van der Waals surface area contributed by atoms with Crippen LogP contribution in [0.15, 0.2) is 71.5 Å².